The fraction of sp³-hybridized carbons (Fsp3) is 0.167. The molecule has 1 aliphatic rings. The molecule has 1 atom stereocenters. The third-order valence-corrected chi connectivity index (χ3v) is 5.08. The number of hydrogen-bond acceptors (Lipinski definition) is 3. The normalized spacial score (nSPS) is 15.6. The number of benzene rings is 3. The molecule has 3 aromatic carbocycles. The minimum Gasteiger partial charge on any atom is -0.481 e. The molecule has 0 bridgehead atoms. The summed E-state index contributed by atoms with van der Waals surface area (Å²) >= 11 is 0. The molecule has 2 amide bonds. The first kappa shape index (κ1) is 20.5. The molecule has 0 unspecified atom stereocenters. The molecule has 0 aromatic heterocycles. The summed E-state index contributed by atoms with van der Waals surface area (Å²) in [4.78, 5) is 26.7. The fourth-order valence-electron chi connectivity index (χ4n) is 3.49. The van der Waals surface area contributed by atoms with E-state index in [1.54, 1.807) is 49.4 Å². The molecule has 0 radical (unpaired) electrons. The van der Waals surface area contributed by atoms with Crippen LogP contribution >= 0.6 is 0 Å². The van der Waals surface area contributed by atoms with E-state index in [0.717, 1.165) is 0 Å². The van der Waals surface area contributed by atoms with Crippen LogP contribution in [0.1, 0.15) is 28.4 Å². The second-order valence-corrected chi connectivity index (χ2v) is 7.30. The average Bonchev–Trinajstić information content (AvgIpc) is 2.86. The maximum atomic E-state index is 14.1. The minimum absolute atomic E-state index is 0.0707. The summed E-state index contributed by atoms with van der Waals surface area (Å²) in [6.45, 7) is 1.90. The van der Waals surface area contributed by atoms with Crippen LogP contribution in [-0.4, -0.2) is 22.8 Å². The number of halogens is 2. The van der Waals surface area contributed by atoms with Crippen LogP contribution in [0.2, 0.25) is 0 Å². The smallest absolute Gasteiger partial charge is 0.263 e. The van der Waals surface area contributed by atoms with E-state index in [-0.39, 0.29) is 30.4 Å². The summed E-state index contributed by atoms with van der Waals surface area (Å²) in [7, 11) is 0. The molecule has 7 heteroatoms. The summed E-state index contributed by atoms with van der Waals surface area (Å²) in [5.74, 6) is -1.36. The lowest BCUT2D eigenvalue weighted by Crippen LogP contribution is -2.37. The van der Waals surface area contributed by atoms with Crippen LogP contribution in [0.25, 0.3) is 0 Å². The Bertz CT molecular complexity index is 1150. The molecule has 4 rings (SSSR count). The number of amides is 2. The zero-order valence-electron chi connectivity index (χ0n) is 16.8. The van der Waals surface area contributed by atoms with Gasteiger partial charge in [0.2, 0.25) is 0 Å². The topological polar surface area (TPSA) is 58.6 Å². The highest BCUT2D eigenvalue weighted by Gasteiger charge is 2.28. The summed E-state index contributed by atoms with van der Waals surface area (Å²) in [6.07, 6.45) is -0.744. The molecule has 0 saturated heterocycles. The van der Waals surface area contributed by atoms with Gasteiger partial charge in [0.25, 0.3) is 11.8 Å². The number of nitrogens with zero attached hydrogens (tertiary/aromatic N) is 1. The van der Waals surface area contributed by atoms with Gasteiger partial charge in [0.15, 0.2) is 6.10 Å². The van der Waals surface area contributed by atoms with Crippen LogP contribution < -0.4 is 10.1 Å². The molecule has 1 N–H and O–H groups in total. The Labute approximate surface area is 178 Å². The number of hydrogen-bond donors (Lipinski definition) is 1. The SMILES string of the molecule is C[C@@H]1Oc2ccc(NC(=O)c3ccccc3F)cc2CN(Cc2ccccc2F)C1=O. The molecule has 5 nitrogen and oxygen atoms in total. The lowest BCUT2D eigenvalue weighted by molar-refractivity contribution is -0.138. The number of ether oxygens (including phenoxy) is 1. The summed E-state index contributed by atoms with van der Waals surface area (Å²) in [5, 5.41) is 2.67. The van der Waals surface area contributed by atoms with Crippen molar-refractivity contribution >= 4 is 17.5 Å². The first-order valence-electron chi connectivity index (χ1n) is 9.80. The van der Waals surface area contributed by atoms with Gasteiger partial charge >= 0.3 is 0 Å². The van der Waals surface area contributed by atoms with Crippen LogP contribution in [0.4, 0.5) is 14.5 Å². The molecule has 3 aromatic rings. The Morgan fingerprint density at radius 2 is 1.77 bits per heavy atom. The summed E-state index contributed by atoms with van der Waals surface area (Å²) in [6, 6.07) is 16.9. The summed E-state index contributed by atoms with van der Waals surface area (Å²) < 4.78 is 33.8. The van der Waals surface area contributed by atoms with Gasteiger partial charge in [0, 0.05) is 29.9 Å². The van der Waals surface area contributed by atoms with Gasteiger partial charge in [-0.3, -0.25) is 9.59 Å². The Kier molecular flexibility index (Phi) is 5.66. The molecule has 1 heterocycles. The molecule has 158 valence electrons. The maximum absolute atomic E-state index is 14.1. The van der Waals surface area contributed by atoms with Gasteiger partial charge in [-0.05, 0) is 43.3 Å². The highest BCUT2D eigenvalue weighted by molar-refractivity contribution is 6.04. The molecule has 0 spiro atoms. The van der Waals surface area contributed by atoms with E-state index in [2.05, 4.69) is 5.32 Å². The predicted octanol–water partition coefficient (Wildman–Crippen LogP) is 4.53. The van der Waals surface area contributed by atoms with Crippen LogP contribution in [0.3, 0.4) is 0 Å². The average molecular weight is 422 g/mol. The Hall–Kier alpha value is -3.74. The summed E-state index contributed by atoms with van der Waals surface area (Å²) in [5.41, 5.74) is 1.41. The van der Waals surface area contributed by atoms with Crippen molar-refractivity contribution in [1.82, 2.24) is 4.90 Å². The van der Waals surface area contributed by atoms with Crippen molar-refractivity contribution < 1.29 is 23.1 Å². The number of carbonyl (C=O) groups is 2. The van der Waals surface area contributed by atoms with E-state index < -0.39 is 17.8 Å². The molecule has 0 fully saturated rings. The first-order chi connectivity index (χ1) is 14.9. The zero-order valence-corrected chi connectivity index (χ0v) is 16.8. The monoisotopic (exact) mass is 422 g/mol. The highest BCUT2D eigenvalue weighted by Crippen LogP contribution is 2.30. The largest absolute Gasteiger partial charge is 0.481 e. The molecule has 31 heavy (non-hydrogen) atoms. The van der Waals surface area contributed by atoms with Crippen molar-refractivity contribution in [2.24, 2.45) is 0 Å². The molecule has 0 aliphatic carbocycles. The Balaban J connectivity index is 1.59. The number of rotatable bonds is 4. The van der Waals surface area contributed by atoms with E-state index in [9.17, 15) is 18.4 Å². The second kappa shape index (κ2) is 8.55. The third-order valence-electron chi connectivity index (χ3n) is 5.08. The van der Waals surface area contributed by atoms with E-state index in [4.69, 9.17) is 4.74 Å². The minimum atomic E-state index is -0.744. The third kappa shape index (κ3) is 4.40. The molecule has 1 aliphatic heterocycles. The van der Waals surface area contributed by atoms with Crippen molar-refractivity contribution in [3.8, 4) is 5.75 Å². The van der Waals surface area contributed by atoms with Crippen molar-refractivity contribution in [3.63, 3.8) is 0 Å². The quantitative estimate of drug-likeness (QED) is 0.672. The van der Waals surface area contributed by atoms with Gasteiger partial charge < -0.3 is 15.0 Å². The highest BCUT2D eigenvalue weighted by atomic mass is 19.1. The zero-order chi connectivity index (χ0) is 22.0. The Morgan fingerprint density at radius 1 is 1.06 bits per heavy atom. The van der Waals surface area contributed by atoms with E-state index >= 15 is 0 Å². The van der Waals surface area contributed by atoms with Gasteiger partial charge in [0.05, 0.1) is 5.56 Å². The number of nitrogens with one attached hydrogen (secondary N) is 1. The van der Waals surface area contributed by atoms with Crippen molar-refractivity contribution in [3.05, 3.63) is 95.1 Å². The maximum Gasteiger partial charge on any atom is 0.263 e. The molecule has 0 saturated carbocycles. The van der Waals surface area contributed by atoms with Crippen LogP contribution in [0.5, 0.6) is 5.75 Å². The fourth-order valence-corrected chi connectivity index (χ4v) is 3.49. The van der Waals surface area contributed by atoms with E-state index in [1.165, 1.54) is 29.2 Å². The number of fused-ring (bicyclic) bond motifs is 1. The predicted molar refractivity (Wildman–Crippen MR) is 112 cm³/mol. The number of carbonyl (C=O) groups excluding carboxylic acids is 2. The standard InChI is InChI=1S/C24H20F2N2O3/c1-15-24(30)28(13-16-6-2-4-8-20(16)25)14-17-12-18(10-11-22(17)31-15)27-23(29)19-7-3-5-9-21(19)26/h2-12,15H,13-14H2,1H3,(H,27,29)/t15-/m0/s1. The second-order valence-electron chi connectivity index (χ2n) is 7.30. The van der Waals surface area contributed by atoms with E-state index in [1.807, 2.05) is 0 Å². The Morgan fingerprint density at radius 3 is 2.52 bits per heavy atom. The van der Waals surface area contributed by atoms with Crippen LogP contribution in [0, 0.1) is 11.6 Å². The van der Waals surface area contributed by atoms with Crippen molar-refractivity contribution in [1.29, 1.82) is 0 Å². The lowest BCUT2D eigenvalue weighted by atomic mass is 10.1. The first-order valence-corrected chi connectivity index (χ1v) is 9.80. The molecular formula is C24H20F2N2O3. The van der Waals surface area contributed by atoms with Gasteiger partial charge in [-0.1, -0.05) is 30.3 Å². The lowest BCUT2D eigenvalue weighted by Gasteiger charge is -2.22. The molecular weight excluding hydrogens is 402 g/mol. The van der Waals surface area contributed by atoms with Gasteiger partial charge in [0.1, 0.15) is 17.4 Å². The van der Waals surface area contributed by atoms with E-state index in [0.29, 0.717) is 22.6 Å². The van der Waals surface area contributed by atoms with Gasteiger partial charge in [-0.25, -0.2) is 8.78 Å². The number of anilines is 1. The van der Waals surface area contributed by atoms with Crippen molar-refractivity contribution in [2.75, 3.05) is 5.32 Å². The van der Waals surface area contributed by atoms with Crippen LogP contribution in [0.15, 0.2) is 66.7 Å². The van der Waals surface area contributed by atoms with Gasteiger partial charge in [-0.15, -0.1) is 0 Å². The van der Waals surface area contributed by atoms with Crippen molar-refractivity contribution in [2.45, 2.75) is 26.1 Å². The van der Waals surface area contributed by atoms with Gasteiger partial charge in [-0.2, -0.15) is 0 Å². The van der Waals surface area contributed by atoms with Crippen LogP contribution in [-0.2, 0) is 17.9 Å².